The van der Waals surface area contributed by atoms with Crippen molar-refractivity contribution in [1.29, 1.82) is 0 Å². The quantitative estimate of drug-likeness (QED) is 0.288. The van der Waals surface area contributed by atoms with Crippen LogP contribution in [0.25, 0.3) is 0 Å². The van der Waals surface area contributed by atoms with Crippen LogP contribution >= 0.6 is 0 Å². The molecule has 0 amide bonds. The van der Waals surface area contributed by atoms with Crippen LogP contribution in [0.15, 0.2) is 0 Å². The lowest BCUT2D eigenvalue weighted by atomic mass is 10.1. The van der Waals surface area contributed by atoms with Crippen molar-refractivity contribution in [3.63, 3.8) is 0 Å². The molecule has 0 aromatic heterocycles. The standard InChI is InChI=1S/C24H50O5/c1-19(2)11-14-27-22(17-28-23(7,8)12-15-25-20(3)4)18-29-24(9,10)13-16-26-21(5)6/h19-22H,11-18H2,1-10H3. The van der Waals surface area contributed by atoms with Crippen LogP contribution in [-0.4, -0.2) is 62.5 Å². The Labute approximate surface area is 181 Å². The maximum Gasteiger partial charge on any atom is 0.104 e. The lowest BCUT2D eigenvalue weighted by molar-refractivity contribution is -0.136. The molecule has 0 N–H and O–H groups in total. The van der Waals surface area contributed by atoms with Gasteiger partial charge in [-0.25, -0.2) is 0 Å². The third-order valence-electron chi connectivity index (χ3n) is 4.68. The van der Waals surface area contributed by atoms with E-state index in [-0.39, 0.29) is 29.5 Å². The Balaban J connectivity index is 4.55. The van der Waals surface area contributed by atoms with Gasteiger partial charge < -0.3 is 23.7 Å². The van der Waals surface area contributed by atoms with Gasteiger partial charge in [0.05, 0.1) is 36.6 Å². The van der Waals surface area contributed by atoms with Gasteiger partial charge >= 0.3 is 0 Å². The first-order valence-corrected chi connectivity index (χ1v) is 11.5. The molecule has 0 aromatic carbocycles. The Bertz CT molecular complexity index is 361. The molecule has 5 nitrogen and oxygen atoms in total. The number of hydrogen-bond donors (Lipinski definition) is 0. The minimum atomic E-state index is -0.255. The zero-order valence-corrected chi connectivity index (χ0v) is 21.0. The van der Waals surface area contributed by atoms with Crippen molar-refractivity contribution in [3.8, 4) is 0 Å². The third kappa shape index (κ3) is 18.3. The summed E-state index contributed by atoms with van der Waals surface area (Å²) in [5.74, 6) is 0.617. The van der Waals surface area contributed by atoms with E-state index in [4.69, 9.17) is 23.7 Å². The average Bonchev–Trinajstić information content (AvgIpc) is 2.55. The van der Waals surface area contributed by atoms with Crippen molar-refractivity contribution in [1.82, 2.24) is 0 Å². The van der Waals surface area contributed by atoms with Gasteiger partial charge in [0.1, 0.15) is 6.10 Å². The predicted octanol–water partition coefficient (Wildman–Crippen LogP) is 5.64. The lowest BCUT2D eigenvalue weighted by Gasteiger charge is -2.31. The van der Waals surface area contributed by atoms with Crippen LogP contribution < -0.4 is 0 Å². The molecule has 0 aromatic rings. The first-order valence-electron chi connectivity index (χ1n) is 11.5. The Hall–Kier alpha value is -0.200. The highest BCUT2D eigenvalue weighted by Gasteiger charge is 2.25. The molecular formula is C24H50O5. The van der Waals surface area contributed by atoms with Gasteiger partial charge in [0.2, 0.25) is 0 Å². The Morgan fingerprint density at radius 1 is 0.586 bits per heavy atom. The molecule has 0 atom stereocenters. The molecule has 0 heterocycles. The van der Waals surface area contributed by atoms with Crippen molar-refractivity contribution in [2.24, 2.45) is 5.92 Å². The number of rotatable bonds is 18. The summed E-state index contributed by atoms with van der Waals surface area (Å²) in [4.78, 5) is 0. The first-order chi connectivity index (χ1) is 13.3. The van der Waals surface area contributed by atoms with Gasteiger partial charge in [-0.2, -0.15) is 0 Å². The van der Waals surface area contributed by atoms with E-state index in [0.29, 0.717) is 32.3 Å². The van der Waals surface area contributed by atoms with Crippen molar-refractivity contribution >= 4 is 0 Å². The molecule has 0 rings (SSSR count). The van der Waals surface area contributed by atoms with E-state index in [2.05, 4.69) is 69.2 Å². The minimum Gasteiger partial charge on any atom is -0.379 e. The van der Waals surface area contributed by atoms with Crippen LogP contribution in [0.3, 0.4) is 0 Å². The molecule has 0 aliphatic rings. The molecule has 0 radical (unpaired) electrons. The highest BCUT2D eigenvalue weighted by Crippen LogP contribution is 2.19. The first kappa shape index (κ1) is 28.8. The van der Waals surface area contributed by atoms with E-state index in [9.17, 15) is 0 Å². The normalized spacial score (nSPS) is 13.4. The van der Waals surface area contributed by atoms with E-state index in [0.717, 1.165) is 25.9 Å². The van der Waals surface area contributed by atoms with Crippen LogP contribution in [0.2, 0.25) is 0 Å². The fraction of sp³-hybridized carbons (Fsp3) is 1.00. The maximum atomic E-state index is 6.20. The second-order valence-electron chi connectivity index (χ2n) is 10.2. The lowest BCUT2D eigenvalue weighted by Crippen LogP contribution is -2.37. The molecule has 0 fully saturated rings. The van der Waals surface area contributed by atoms with Crippen LogP contribution in [0.5, 0.6) is 0 Å². The summed E-state index contributed by atoms with van der Waals surface area (Å²) in [7, 11) is 0. The molecule has 0 saturated heterocycles. The topological polar surface area (TPSA) is 46.2 Å². The van der Waals surface area contributed by atoms with Crippen LogP contribution in [0.4, 0.5) is 0 Å². The summed E-state index contributed by atoms with van der Waals surface area (Å²) >= 11 is 0. The fourth-order valence-electron chi connectivity index (χ4n) is 2.48. The maximum absolute atomic E-state index is 6.20. The van der Waals surface area contributed by atoms with Crippen LogP contribution in [0.1, 0.15) is 88.5 Å². The second kappa shape index (κ2) is 14.7. The molecule has 0 saturated carbocycles. The number of ether oxygens (including phenoxy) is 5. The molecule has 0 unspecified atom stereocenters. The van der Waals surface area contributed by atoms with Crippen molar-refractivity contribution in [3.05, 3.63) is 0 Å². The summed E-state index contributed by atoms with van der Waals surface area (Å²) < 4.78 is 29.9. The summed E-state index contributed by atoms with van der Waals surface area (Å²) in [6, 6.07) is 0. The van der Waals surface area contributed by atoms with Crippen molar-refractivity contribution in [2.75, 3.05) is 33.0 Å². The van der Waals surface area contributed by atoms with Gasteiger partial charge in [-0.05, 0) is 80.6 Å². The zero-order valence-electron chi connectivity index (χ0n) is 21.0. The average molecular weight is 419 g/mol. The van der Waals surface area contributed by atoms with E-state index < -0.39 is 0 Å². The van der Waals surface area contributed by atoms with Gasteiger partial charge in [0.15, 0.2) is 0 Å². The van der Waals surface area contributed by atoms with Gasteiger partial charge in [-0.3, -0.25) is 0 Å². The Morgan fingerprint density at radius 2 is 1.00 bits per heavy atom. The zero-order chi connectivity index (χ0) is 22.5. The molecule has 5 heteroatoms. The molecule has 0 aliphatic carbocycles. The molecule has 176 valence electrons. The highest BCUT2D eigenvalue weighted by atomic mass is 16.6. The Morgan fingerprint density at radius 3 is 1.34 bits per heavy atom. The smallest absolute Gasteiger partial charge is 0.104 e. The van der Waals surface area contributed by atoms with E-state index >= 15 is 0 Å². The summed E-state index contributed by atoms with van der Waals surface area (Å²) in [6.07, 6.45) is 3.14. The molecule has 29 heavy (non-hydrogen) atoms. The fourth-order valence-corrected chi connectivity index (χ4v) is 2.48. The van der Waals surface area contributed by atoms with Crippen LogP contribution in [-0.2, 0) is 23.7 Å². The number of hydrogen-bond acceptors (Lipinski definition) is 5. The summed E-state index contributed by atoms with van der Waals surface area (Å²) in [5, 5.41) is 0. The van der Waals surface area contributed by atoms with E-state index in [1.54, 1.807) is 0 Å². The summed E-state index contributed by atoms with van der Waals surface area (Å²) in [5.41, 5.74) is -0.510. The van der Waals surface area contributed by atoms with Crippen molar-refractivity contribution in [2.45, 2.75) is 118 Å². The van der Waals surface area contributed by atoms with Gasteiger partial charge in [-0.15, -0.1) is 0 Å². The molecule has 0 bridgehead atoms. The van der Waals surface area contributed by atoms with Crippen LogP contribution in [0, 0.1) is 5.92 Å². The summed E-state index contributed by atoms with van der Waals surface area (Å²) in [6.45, 7) is 24.2. The monoisotopic (exact) mass is 418 g/mol. The van der Waals surface area contributed by atoms with E-state index in [1.807, 2.05) is 0 Å². The SMILES string of the molecule is CC(C)CCOC(COC(C)(C)CCOC(C)C)COC(C)(C)CCOC(C)C. The minimum absolute atomic E-state index is 0.0793. The Kier molecular flexibility index (Phi) is 14.6. The van der Waals surface area contributed by atoms with Crippen molar-refractivity contribution < 1.29 is 23.7 Å². The second-order valence-corrected chi connectivity index (χ2v) is 10.2. The van der Waals surface area contributed by atoms with Gasteiger partial charge in [0.25, 0.3) is 0 Å². The molecule has 0 aliphatic heterocycles. The highest BCUT2D eigenvalue weighted by molar-refractivity contribution is 4.73. The molecule has 0 spiro atoms. The van der Waals surface area contributed by atoms with E-state index in [1.165, 1.54) is 0 Å². The van der Waals surface area contributed by atoms with Gasteiger partial charge in [-0.1, -0.05) is 13.8 Å². The van der Waals surface area contributed by atoms with Gasteiger partial charge in [0, 0.05) is 19.8 Å². The third-order valence-corrected chi connectivity index (χ3v) is 4.68. The largest absolute Gasteiger partial charge is 0.379 e. The predicted molar refractivity (Wildman–Crippen MR) is 121 cm³/mol. The molecular weight excluding hydrogens is 368 g/mol.